The van der Waals surface area contributed by atoms with E-state index in [9.17, 15) is 0 Å². The van der Waals surface area contributed by atoms with Gasteiger partial charge in [0.1, 0.15) is 0 Å². The highest BCUT2D eigenvalue weighted by atomic mass is 28.2. The number of rotatable bonds is 6. The second-order valence-electron chi connectivity index (χ2n) is 4.10. The molecule has 72 valence electrons. The van der Waals surface area contributed by atoms with Gasteiger partial charge in [0.05, 0.1) is 0 Å². The quantitative estimate of drug-likeness (QED) is 0.498. The summed E-state index contributed by atoms with van der Waals surface area (Å²) in [6, 6.07) is 0. The summed E-state index contributed by atoms with van der Waals surface area (Å²) in [6.45, 7) is 10.5. The van der Waals surface area contributed by atoms with Crippen molar-refractivity contribution in [3.63, 3.8) is 0 Å². The van der Waals surface area contributed by atoms with Gasteiger partial charge < -0.3 is 4.80 Å². The zero-order valence-corrected chi connectivity index (χ0v) is 10.1. The number of hydrogen-bond acceptors (Lipinski definition) is 1. The maximum absolute atomic E-state index is 9.07. The Morgan fingerprint density at radius 1 is 1.42 bits per heavy atom. The van der Waals surface area contributed by atoms with Crippen LogP contribution in [-0.4, -0.2) is 14.6 Å². The van der Waals surface area contributed by atoms with Crippen molar-refractivity contribution in [3.8, 4) is 0 Å². The number of unbranched alkanes of at least 4 members (excludes halogenated alkanes) is 2. The Bertz CT molecular complexity index is 141. The monoisotopic (exact) mass is 186 g/mol. The second kappa shape index (κ2) is 5.54. The van der Waals surface area contributed by atoms with Crippen molar-refractivity contribution in [2.24, 2.45) is 5.41 Å². The molecule has 0 saturated carbocycles. The van der Waals surface area contributed by atoms with E-state index in [1.165, 1.54) is 25.7 Å². The molecule has 0 fully saturated rings. The molecule has 0 rings (SSSR count). The van der Waals surface area contributed by atoms with Gasteiger partial charge in [0.15, 0.2) is 9.76 Å². The van der Waals surface area contributed by atoms with Crippen molar-refractivity contribution in [3.05, 3.63) is 11.8 Å². The molecule has 0 aromatic rings. The lowest BCUT2D eigenvalue weighted by Crippen LogP contribution is -2.18. The van der Waals surface area contributed by atoms with Crippen LogP contribution in [0.5, 0.6) is 0 Å². The van der Waals surface area contributed by atoms with E-state index in [2.05, 4.69) is 27.4 Å². The average Bonchev–Trinajstić information content (AvgIpc) is 2.03. The summed E-state index contributed by atoms with van der Waals surface area (Å²) in [5.41, 5.74) is 0.177. The predicted molar refractivity (Wildman–Crippen MR) is 57.8 cm³/mol. The van der Waals surface area contributed by atoms with Crippen molar-refractivity contribution in [1.29, 1.82) is 0 Å². The van der Waals surface area contributed by atoms with Gasteiger partial charge in [-0.2, -0.15) is 0 Å². The fourth-order valence-corrected chi connectivity index (χ4v) is 1.81. The van der Waals surface area contributed by atoms with E-state index >= 15 is 0 Å². The maximum atomic E-state index is 9.07. The average molecular weight is 186 g/mol. The molecule has 0 amide bonds. The lowest BCUT2D eigenvalue weighted by atomic mass is 9.87. The molecule has 0 aliphatic rings. The van der Waals surface area contributed by atoms with Crippen LogP contribution in [0.3, 0.4) is 0 Å². The van der Waals surface area contributed by atoms with Crippen LogP contribution in [0.1, 0.15) is 46.5 Å². The SMILES string of the molecule is C=C([SiH2]O)C(C)(C)CCCCC. The number of hydrogen-bond donors (Lipinski definition) is 1. The van der Waals surface area contributed by atoms with Crippen LogP contribution in [-0.2, 0) is 0 Å². The topological polar surface area (TPSA) is 20.2 Å². The van der Waals surface area contributed by atoms with Crippen LogP contribution in [0, 0.1) is 5.41 Å². The van der Waals surface area contributed by atoms with E-state index < -0.39 is 9.76 Å². The van der Waals surface area contributed by atoms with E-state index in [0.29, 0.717) is 0 Å². The van der Waals surface area contributed by atoms with Crippen LogP contribution in [0.4, 0.5) is 0 Å². The fourth-order valence-electron chi connectivity index (χ4n) is 1.21. The largest absolute Gasteiger partial charge is 0.434 e. The maximum Gasteiger partial charge on any atom is 0.183 e. The molecule has 0 radical (unpaired) electrons. The summed E-state index contributed by atoms with van der Waals surface area (Å²) in [6.07, 6.45) is 4.99. The van der Waals surface area contributed by atoms with Crippen LogP contribution in [0.15, 0.2) is 11.8 Å². The van der Waals surface area contributed by atoms with Gasteiger partial charge in [-0.15, -0.1) is 6.58 Å². The Morgan fingerprint density at radius 2 is 2.00 bits per heavy atom. The normalized spacial score (nSPS) is 12.7. The van der Waals surface area contributed by atoms with Crippen LogP contribution >= 0.6 is 0 Å². The molecule has 0 bridgehead atoms. The van der Waals surface area contributed by atoms with Gasteiger partial charge >= 0.3 is 0 Å². The molecule has 12 heavy (non-hydrogen) atoms. The zero-order valence-electron chi connectivity index (χ0n) is 8.69. The summed E-state index contributed by atoms with van der Waals surface area (Å²) in [7, 11) is -0.994. The van der Waals surface area contributed by atoms with E-state index in [-0.39, 0.29) is 5.41 Å². The molecule has 0 aromatic carbocycles. The van der Waals surface area contributed by atoms with Crippen molar-refractivity contribution in [2.45, 2.75) is 46.5 Å². The Labute approximate surface area is 78.8 Å². The molecular weight excluding hydrogens is 164 g/mol. The third-order valence-electron chi connectivity index (χ3n) is 2.55. The molecule has 0 aromatic heterocycles. The van der Waals surface area contributed by atoms with Crippen LogP contribution in [0.25, 0.3) is 0 Å². The third-order valence-corrected chi connectivity index (χ3v) is 3.89. The summed E-state index contributed by atoms with van der Waals surface area (Å²) >= 11 is 0. The fraction of sp³-hybridized carbons (Fsp3) is 0.800. The summed E-state index contributed by atoms with van der Waals surface area (Å²) < 4.78 is 0. The molecule has 0 atom stereocenters. The molecule has 0 unspecified atom stereocenters. The van der Waals surface area contributed by atoms with Gasteiger partial charge in [0.25, 0.3) is 0 Å². The van der Waals surface area contributed by atoms with Crippen LogP contribution in [0.2, 0.25) is 0 Å². The molecule has 0 aliphatic heterocycles. The third kappa shape index (κ3) is 4.07. The van der Waals surface area contributed by atoms with Crippen molar-refractivity contribution in [1.82, 2.24) is 0 Å². The smallest absolute Gasteiger partial charge is 0.183 e. The van der Waals surface area contributed by atoms with Gasteiger partial charge in [-0.05, 0) is 11.8 Å². The van der Waals surface area contributed by atoms with Gasteiger partial charge in [-0.25, -0.2) is 0 Å². The lowest BCUT2D eigenvalue weighted by Gasteiger charge is -2.25. The first-order valence-corrected chi connectivity index (χ1v) is 6.17. The highest BCUT2D eigenvalue weighted by molar-refractivity contribution is 6.36. The van der Waals surface area contributed by atoms with E-state index in [1.807, 2.05) is 0 Å². The molecule has 0 aliphatic carbocycles. The van der Waals surface area contributed by atoms with E-state index in [1.54, 1.807) is 0 Å². The summed E-state index contributed by atoms with van der Waals surface area (Å²) in [5, 5.41) is 1.10. The molecule has 0 saturated heterocycles. The Hall–Kier alpha value is -0.0831. The Kier molecular flexibility index (Phi) is 5.50. The zero-order chi connectivity index (χ0) is 9.61. The van der Waals surface area contributed by atoms with E-state index in [4.69, 9.17) is 4.80 Å². The van der Waals surface area contributed by atoms with E-state index in [0.717, 1.165) is 5.20 Å². The highest BCUT2D eigenvalue weighted by Crippen LogP contribution is 2.30. The van der Waals surface area contributed by atoms with Crippen molar-refractivity contribution in [2.75, 3.05) is 0 Å². The minimum atomic E-state index is -0.994. The van der Waals surface area contributed by atoms with Crippen molar-refractivity contribution >= 4 is 9.76 Å². The van der Waals surface area contributed by atoms with Gasteiger partial charge in [-0.1, -0.05) is 45.2 Å². The predicted octanol–water partition coefficient (Wildman–Crippen LogP) is 2.18. The molecule has 1 N–H and O–H groups in total. The molecule has 2 heteroatoms. The minimum Gasteiger partial charge on any atom is -0.434 e. The van der Waals surface area contributed by atoms with Crippen molar-refractivity contribution < 1.29 is 4.80 Å². The first kappa shape index (κ1) is 11.9. The minimum absolute atomic E-state index is 0.177. The summed E-state index contributed by atoms with van der Waals surface area (Å²) in [5.74, 6) is 0. The molecule has 0 heterocycles. The first-order valence-electron chi connectivity index (χ1n) is 4.83. The first-order chi connectivity index (χ1) is 5.54. The molecule has 0 spiro atoms. The standard InChI is InChI=1S/C10H22OSi/c1-5-6-7-8-10(3,4)9(2)12-11/h11H,2,5-8,12H2,1,3-4H3. The molecular formula is C10H22OSi. The van der Waals surface area contributed by atoms with Gasteiger partial charge in [0.2, 0.25) is 0 Å². The Balaban J connectivity index is 3.78. The summed E-state index contributed by atoms with van der Waals surface area (Å²) in [4.78, 5) is 9.07. The van der Waals surface area contributed by atoms with Gasteiger partial charge in [-0.3, -0.25) is 0 Å². The number of allylic oxidation sites excluding steroid dienone is 1. The molecule has 1 nitrogen and oxygen atoms in total. The van der Waals surface area contributed by atoms with Gasteiger partial charge in [0, 0.05) is 0 Å². The van der Waals surface area contributed by atoms with Crippen LogP contribution < -0.4 is 0 Å². The lowest BCUT2D eigenvalue weighted by molar-refractivity contribution is 0.397. The Morgan fingerprint density at radius 3 is 2.42 bits per heavy atom. The highest BCUT2D eigenvalue weighted by Gasteiger charge is 2.20. The second-order valence-corrected chi connectivity index (χ2v) is 5.27.